The summed E-state index contributed by atoms with van der Waals surface area (Å²) in [5.74, 6) is -1.35. The Hall–Kier alpha value is -2.64. The van der Waals surface area contributed by atoms with Crippen molar-refractivity contribution in [1.82, 2.24) is 5.32 Å². The lowest BCUT2D eigenvalue weighted by Gasteiger charge is -2.28. The number of ketones is 1. The number of fused-ring (bicyclic) bond motifs is 2. The van der Waals surface area contributed by atoms with E-state index in [0.717, 1.165) is 19.5 Å². The van der Waals surface area contributed by atoms with Crippen molar-refractivity contribution in [3.63, 3.8) is 0 Å². The van der Waals surface area contributed by atoms with Crippen molar-refractivity contribution in [2.45, 2.75) is 31.6 Å². The van der Waals surface area contributed by atoms with Gasteiger partial charge in [0, 0.05) is 24.3 Å². The summed E-state index contributed by atoms with van der Waals surface area (Å²) in [5, 5.41) is 22.9. The van der Waals surface area contributed by atoms with Gasteiger partial charge in [-0.3, -0.25) is 4.79 Å². The molecule has 4 rings (SSSR count). The molecule has 3 N–H and O–H groups in total. The van der Waals surface area contributed by atoms with E-state index in [1.54, 1.807) is 12.1 Å². The van der Waals surface area contributed by atoms with Crippen LogP contribution in [0, 0.1) is 0 Å². The summed E-state index contributed by atoms with van der Waals surface area (Å²) in [7, 11) is -1.20. The molecule has 27 heavy (non-hydrogen) atoms. The molecule has 2 aromatic rings. The molecule has 1 atom stereocenters. The predicted octanol–water partition coefficient (Wildman–Crippen LogP) is 2.09. The topological polar surface area (TPSA) is 95.9 Å². The molecule has 0 spiro atoms. The molecule has 6 nitrogen and oxygen atoms in total. The summed E-state index contributed by atoms with van der Waals surface area (Å²) >= 11 is 0. The molecule has 138 valence electrons. The standard InChI is InChI=1S/C20H20BNO5/c23-18(13-4-5-15-11-22-7-6-12(15)8-13)10-16-9-14-2-1-3-17(20(24)25)19(14)27-21(16)26/h1-5,8,16,22,26H,6-7,9-11H2,(H,24,25)/t16-/m1/s1. The van der Waals surface area contributed by atoms with E-state index in [2.05, 4.69) is 5.32 Å². The van der Waals surface area contributed by atoms with Crippen LogP contribution < -0.4 is 9.97 Å². The molecule has 0 saturated carbocycles. The molecule has 0 saturated heterocycles. The van der Waals surface area contributed by atoms with Gasteiger partial charge in [0.1, 0.15) is 5.75 Å². The van der Waals surface area contributed by atoms with E-state index >= 15 is 0 Å². The van der Waals surface area contributed by atoms with Gasteiger partial charge in [-0.1, -0.05) is 24.3 Å². The largest absolute Gasteiger partial charge is 0.535 e. The highest BCUT2D eigenvalue weighted by Gasteiger charge is 2.37. The SMILES string of the molecule is O=C(C[C@H]1Cc2cccc(C(=O)O)c2OB1O)c1ccc2c(c1)CCNC2. The minimum Gasteiger partial charge on any atom is -0.535 e. The zero-order valence-corrected chi connectivity index (χ0v) is 14.8. The Morgan fingerprint density at radius 3 is 2.85 bits per heavy atom. The number of carbonyl (C=O) groups excluding carboxylic acids is 1. The average Bonchev–Trinajstić information content (AvgIpc) is 2.67. The molecule has 0 radical (unpaired) electrons. The zero-order valence-electron chi connectivity index (χ0n) is 14.8. The van der Waals surface area contributed by atoms with Crippen molar-refractivity contribution in [3.05, 3.63) is 64.2 Å². The second-order valence-corrected chi connectivity index (χ2v) is 7.11. The number of benzene rings is 2. The highest BCUT2D eigenvalue weighted by atomic mass is 16.5. The first kappa shape index (κ1) is 17.8. The lowest BCUT2D eigenvalue weighted by Crippen LogP contribution is -2.35. The van der Waals surface area contributed by atoms with Crippen molar-refractivity contribution in [3.8, 4) is 5.75 Å². The number of hydrogen-bond acceptors (Lipinski definition) is 5. The van der Waals surface area contributed by atoms with E-state index < -0.39 is 18.9 Å². The minimum absolute atomic E-state index is 0.0274. The molecule has 2 aliphatic rings. The number of hydrogen-bond donors (Lipinski definition) is 3. The molecule has 0 amide bonds. The summed E-state index contributed by atoms with van der Waals surface area (Å²) in [5.41, 5.74) is 3.78. The quantitative estimate of drug-likeness (QED) is 0.567. The third-order valence-electron chi connectivity index (χ3n) is 5.31. The molecular formula is C20H20BNO5. The van der Waals surface area contributed by atoms with Crippen LogP contribution in [-0.2, 0) is 19.4 Å². The van der Waals surface area contributed by atoms with E-state index in [-0.39, 0.29) is 23.5 Å². The van der Waals surface area contributed by atoms with Crippen LogP contribution in [0.5, 0.6) is 5.75 Å². The van der Waals surface area contributed by atoms with Gasteiger partial charge in [0.25, 0.3) is 0 Å². The van der Waals surface area contributed by atoms with E-state index in [9.17, 15) is 19.7 Å². The third-order valence-corrected chi connectivity index (χ3v) is 5.31. The number of nitrogens with one attached hydrogen (secondary N) is 1. The number of rotatable bonds is 4. The van der Waals surface area contributed by atoms with Crippen LogP contribution >= 0.6 is 0 Å². The molecule has 7 heteroatoms. The molecule has 2 aliphatic heterocycles. The van der Waals surface area contributed by atoms with Gasteiger partial charge in [-0.2, -0.15) is 0 Å². The Bertz CT molecular complexity index is 913. The number of Topliss-reactive ketones (excluding diaryl/α,β-unsaturated/α-hetero) is 1. The van der Waals surface area contributed by atoms with Gasteiger partial charge in [-0.15, -0.1) is 0 Å². The predicted molar refractivity (Wildman–Crippen MR) is 100 cm³/mol. The fraction of sp³-hybridized carbons (Fsp3) is 0.300. The monoisotopic (exact) mass is 365 g/mol. The number of carbonyl (C=O) groups is 2. The van der Waals surface area contributed by atoms with Crippen molar-refractivity contribution in [2.24, 2.45) is 0 Å². The molecule has 0 fully saturated rings. The highest BCUT2D eigenvalue weighted by Crippen LogP contribution is 2.36. The fourth-order valence-corrected chi connectivity index (χ4v) is 3.83. The molecule has 0 unspecified atom stereocenters. The Kier molecular flexibility index (Phi) is 4.72. The fourth-order valence-electron chi connectivity index (χ4n) is 3.83. The Morgan fingerprint density at radius 2 is 2.04 bits per heavy atom. The van der Waals surface area contributed by atoms with Crippen LogP contribution in [0.4, 0.5) is 0 Å². The summed E-state index contributed by atoms with van der Waals surface area (Å²) in [4.78, 5) is 24.1. The first-order valence-corrected chi connectivity index (χ1v) is 9.08. The van der Waals surface area contributed by atoms with Crippen LogP contribution in [-0.4, -0.2) is 35.5 Å². The maximum Gasteiger partial charge on any atom is 0.526 e. The van der Waals surface area contributed by atoms with Crippen molar-refractivity contribution < 1.29 is 24.4 Å². The first-order valence-electron chi connectivity index (χ1n) is 9.08. The lowest BCUT2D eigenvalue weighted by molar-refractivity contribution is 0.0693. The molecule has 2 heterocycles. The Labute approximate surface area is 157 Å². The van der Waals surface area contributed by atoms with E-state index in [0.29, 0.717) is 17.5 Å². The highest BCUT2D eigenvalue weighted by molar-refractivity contribution is 6.47. The van der Waals surface area contributed by atoms with E-state index in [1.807, 2.05) is 18.2 Å². The normalized spacial score (nSPS) is 18.3. The summed E-state index contributed by atoms with van der Waals surface area (Å²) in [6.07, 6.45) is 1.45. The summed E-state index contributed by atoms with van der Waals surface area (Å²) < 4.78 is 5.48. The van der Waals surface area contributed by atoms with Crippen LogP contribution in [0.3, 0.4) is 0 Å². The van der Waals surface area contributed by atoms with Crippen LogP contribution in [0.2, 0.25) is 5.82 Å². The third kappa shape index (κ3) is 3.48. The van der Waals surface area contributed by atoms with Gasteiger partial charge in [-0.25, -0.2) is 4.79 Å². The molecule has 0 aromatic heterocycles. The summed E-state index contributed by atoms with van der Waals surface area (Å²) in [6.45, 7) is 1.73. The van der Waals surface area contributed by atoms with Gasteiger partial charge in [-0.05, 0) is 48.2 Å². The lowest BCUT2D eigenvalue weighted by atomic mass is 9.64. The van der Waals surface area contributed by atoms with Crippen molar-refractivity contribution in [1.29, 1.82) is 0 Å². The second kappa shape index (κ2) is 7.17. The smallest absolute Gasteiger partial charge is 0.526 e. The number of para-hydroxylation sites is 1. The number of carboxylic acid groups (broad SMARTS) is 1. The summed E-state index contributed by atoms with van der Waals surface area (Å²) in [6, 6.07) is 10.6. The van der Waals surface area contributed by atoms with Crippen molar-refractivity contribution >= 4 is 18.9 Å². The van der Waals surface area contributed by atoms with Crippen LogP contribution in [0.25, 0.3) is 0 Å². The number of carboxylic acids is 1. The Morgan fingerprint density at radius 1 is 1.19 bits per heavy atom. The van der Waals surface area contributed by atoms with Crippen LogP contribution in [0.15, 0.2) is 36.4 Å². The molecule has 0 aliphatic carbocycles. The Balaban J connectivity index is 1.52. The van der Waals surface area contributed by atoms with E-state index in [4.69, 9.17) is 4.65 Å². The van der Waals surface area contributed by atoms with Gasteiger partial charge in [0.2, 0.25) is 0 Å². The van der Waals surface area contributed by atoms with Gasteiger partial charge < -0.3 is 20.1 Å². The molecule has 0 bridgehead atoms. The van der Waals surface area contributed by atoms with E-state index in [1.165, 1.54) is 17.2 Å². The first-order chi connectivity index (χ1) is 13.0. The maximum atomic E-state index is 12.8. The molecular weight excluding hydrogens is 345 g/mol. The maximum absolute atomic E-state index is 12.8. The zero-order chi connectivity index (χ0) is 19.0. The second-order valence-electron chi connectivity index (χ2n) is 7.11. The van der Waals surface area contributed by atoms with Gasteiger partial charge in [0.15, 0.2) is 5.78 Å². The van der Waals surface area contributed by atoms with Gasteiger partial charge in [0.05, 0.1) is 5.56 Å². The van der Waals surface area contributed by atoms with Crippen molar-refractivity contribution in [2.75, 3.05) is 6.54 Å². The van der Waals surface area contributed by atoms with Gasteiger partial charge >= 0.3 is 13.1 Å². The number of aromatic carboxylic acids is 1. The average molecular weight is 365 g/mol. The molecule has 2 aromatic carbocycles. The minimum atomic E-state index is -1.20. The van der Waals surface area contributed by atoms with Crippen LogP contribution in [0.1, 0.15) is 43.8 Å².